The van der Waals surface area contributed by atoms with Crippen molar-refractivity contribution < 1.29 is 8.42 Å². The molecule has 104 valence electrons. The third kappa shape index (κ3) is 5.04. The van der Waals surface area contributed by atoms with Crippen LogP contribution in [0.1, 0.15) is 12.0 Å². The van der Waals surface area contributed by atoms with Gasteiger partial charge in [0.2, 0.25) is 0 Å². The number of sulfone groups is 1. The molecule has 19 heavy (non-hydrogen) atoms. The molecule has 6 heteroatoms. The first-order valence-corrected chi connectivity index (χ1v) is 8.86. The first-order chi connectivity index (χ1) is 9.05. The molecule has 1 aromatic rings. The number of hydrogen-bond acceptors (Lipinski definition) is 4. The van der Waals surface area contributed by atoms with Crippen LogP contribution in [0, 0.1) is 0 Å². The van der Waals surface area contributed by atoms with Gasteiger partial charge in [-0.05, 0) is 24.1 Å². The lowest BCUT2D eigenvalue weighted by atomic mass is 10.2. The standard InChI is InChI=1S/C13H17BrN2O2S/c14-12-3-1-11(2-4-12)9-15-6-7-16-13-5-8-19(17,18)10-13/h1-4,9,13,16H,5-8,10H2/t13-/m1/s1. The summed E-state index contributed by atoms with van der Waals surface area (Å²) in [4.78, 5) is 4.32. The first kappa shape index (κ1) is 14.7. The molecule has 0 unspecified atom stereocenters. The largest absolute Gasteiger partial charge is 0.311 e. The summed E-state index contributed by atoms with van der Waals surface area (Å²) in [7, 11) is -2.79. The monoisotopic (exact) mass is 344 g/mol. The maximum Gasteiger partial charge on any atom is 0.151 e. The van der Waals surface area contributed by atoms with E-state index in [1.54, 1.807) is 0 Å². The molecule has 1 N–H and O–H groups in total. The average molecular weight is 345 g/mol. The van der Waals surface area contributed by atoms with E-state index in [1.165, 1.54) is 0 Å². The minimum Gasteiger partial charge on any atom is -0.311 e. The molecule has 1 saturated heterocycles. The lowest BCUT2D eigenvalue weighted by molar-refractivity contribution is 0.561. The van der Waals surface area contributed by atoms with Gasteiger partial charge in [0.1, 0.15) is 0 Å². The smallest absolute Gasteiger partial charge is 0.151 e. The summed E-state index contributed by atoms with van der Waals surface area (Å²) in [6.07, 6.45) is 2.55. The summed E-state index contributed by atoms with van der Waals surface area (Å²) in [5, 5.41) is 3.23. The van der Waals surface area contributed by atoms with Crippen molar-refractivity contribution in [1.29, 1.82) is 0 Å². The van der Waals surface area contributed by atoms with Gasteiger partial charge in [0.25, 0.3) is 0 Å². The number of halogens is 1. The van der Waals surface area contributed by atoms with Gasteiger partial charge in [0, 0.05) is 23.3 Å². The molecule has 2 rings (SSSR count). The fourth-order valence-corrected chi connectivity index (χ4v) is 3.98. The van der Waals surface area contributed by atoms with Crippen LogP contribution in [0.3, 0.4) is 0 Å². The molecule has 0 saturated carbocycles. The topological polar surface area (TPSA) is 58.5 Å². The Bertz CT molecular complexity index is 540. The van der Waals surface area contributed by atoms with Crippen LogP contribution in [0.25, 0.3) is 0 Å². The Morgan fingerprint density at radius 1 is 1.37 bits per heavy atom. The summed E-state index contributed by atoms with van der Waals surface area (Å²) >= 11 is 3.38. The molecule has 0 radical (unpaired) electrons. The quantitative estimate of drug-likeness (QED) is 0.652. The van der Waals surface area contributed by atoms with E-state index in [9.17, 15) is 8.42 Å². The van der Waals surface area contributed by atoms with E-state index in [-0.39, 0.29) is 11.8 Å². The van der Waals surface area contributed by atoms with Gasteiger partial charge in [-0.2, -0.15) is 0 Å². The summed E-state index contributed by atoms with van der Waals surface area (Å²) in [5.41, 5.74) is 1.06. The van der Waals surface area contributed by atoms with Gasteiger partial charge in [0.15, 0.2) is 9.84 Å². The summed E-state index contributed by atoms with van der Waals surface area (Å²) in [5.74, 6) is 0.580. The van der Waals surface area contributed by atoms with Crippen LogP contribution in [-0.2, 0) is 9.84 Å². The van der Waals surface area contributed by atoms with Crippen molar-refractivity contribution >= 4 is 32.0 Å². The molecule has 0 amide bonds. The molecular formula is C13H17BrN2O2S. The zero-order chi connectivity index (χ0) is 13.7. The third-order valence-electron chi connectivity index (χ3n) is 3.02. The SMILES string of the molecule is O=S1(=O)CC[C@@H](NCCN=Cc2ccc(Br)cc2)C1. The summed E-state index contributed by atoms with van der Waals surface area (Å²) < 4.78 is 23.6. The Kier molecular flexibility index (Phi) is 5.13. The van der Waals surface area contributed by atoms with E-state index < -0.39 is 9.84 Å². The molecule has 1 heterocycles. The van der Waals surface area contributed by atoms with Crippen LogP contribution in [0.4, 0.5) is 0 Å². The van der Waals surface area contributed by atoms with E-state index >= 15 is 0 Å². The van der Waals surface area contributed by atoms with Crippen LogP contribution in [-0.4, -0.2) is 45.3 Å². The number of aliphatic imine (C=N–C) groups is 1. The van der Waals surface area contributed by atoms with E-state index in [4.69, 9.17) is 0 Å². The van der Waals surface area contributed by atoms with Crippen molar-refractivity contribution in [2.45, 2.75) is 12.5 Å². The predicted octanol–water partition coefficient (Wildman–Crippen LogP) is 1.64. The van der Waals surface area contributed by atoms with Crippen LogP contribution in [0.15, 0.2) is 33.7 Å². The second kappa shape index (κ2) is 6.63. The number of hydrogen-bond donors (Lipinski definition) is 1. The Morgan fingerprint density at radius 2 is 2.11 bits per heavy atom. The highest BCUT2D eigenvalue weighted by molar-refractivity contribution is 9.10. The van der Waals surface area contributed by atoms with Gasteiger partial charge in [-0.25, -0.2) is 8.42 Å². The van der Waals surface area contributed by atoms with Crippen molar-refractivity contribution in [2.75, 3.05) is 24.6 Å². The Morgan fingerprint density at radius 3 is 2.74 bits per heavy atom. The van der Waals surface area contributed by atoms with Gasteiger partial charge in [0.05, 0.1) is 18.1 Å². The molecule has 0 aromatic heterocycles. The van der Waals surface area contributed by atoms with Gasteiger partial charge in [-0.3, -0.25) is 4.99 Å². The Labute approximate surface area is 122 Å². The highest BCUT2D eigenvalue weighted by Crippen LogP contribution is 2.11. The predicted molar refractivity (Wildman–Crippen MR) is 81.7 cm³/mol. The molecular weight excluding hydrogens is 328 g/mol. The number of nitrogens with one attached hydrogen (secondary N) is 1. The summed E-state index contributed by atoms with van der Waals surface area (Å²) in [6.45, 7) is 1.37. The number of nitrogens with zero attached hydrogens (tertiary/aromatic N) is 1. The second-order valence-electron chi connectivity index (χ2n) is 4.64. The molecule has 0 spiro atoms. The highest BCUT2D eigenvalue weighted by atomic mass is 79.9. The highest BCUT2D eigenvalue weighted by Gasteiger charge is 2.26. The fraction of sp³-hybridized carbons (Fsp3) is 0.462. The lowest BCUT2D eigenvalue weighted by Crippen LogP contribution is -2.32. The minimum absolute atomic E-state index is 0.105. The first-order valence-electron chi connectivity index (χ1n) is 6.24. The molecule has 0 bridgehead atoms. The van der Waals surface area contributed by atoms with Gasteiger partial charge in [-0.15, -0.1) is 0 Å². The number of rotatable bonds is 5. The van der Waals surface area contributed by atoms with Crippen LogP contribution < -0.4 is 5.32 Å². The molecule has 1 aliphatic heterocycles. The van der Waals surface area contributed by atoms with E-state index in [0.29, 0.717) is 18.8 Å². The van der Waals surface area contributed by atoms with Gasteiger partial charge in [-0.1, -0.05) is 28.1 Å². The average Bonchev–Trinajstić information content (AvgIpc) is 2.71. The van der Waals surface area contributed by atoms with Gasteiger partial charge < -0.3 is 5.32 Å². The molecule has 1 aliphatic rings. The maximum atomic E-state index is 11.3. The number of benzene rings is 1. The molecule has 1 atom stereocenters. The van der Waals surface area contributed by atoms with Crippen molar-refractivity contribution in [2.24, 2.45) is 4.99 Å². The second-order valence-corrected chi connectivity index (χ2v) is 7.79. The zero-order valence-electron chi connectivity index (χ0n) is 10.5. The minimum atomic E-state index is -2.79. The van der Waals surface area contributed by atoms with Crippen LogP contribution >= 0.6 is 15.9 Å². The van der Waals surface area contributed by atoms with Crippen molar-refractivity contribution in [1.82, 2.24) is 5.32 Å². The lowest BCUT2D eigenvalue weighted by Gasteiger charge is -2.08. The van der Waals surface area contributed by atoms with Crippen molar-refractivity contribution in [3.63, 3.8) is 0 Å². The van der Waals surface area contributed by atoms with Crippen LogP contribution in [0.2, 0.25) is 0 Å². The Hall–Kier alpha value is -0.720. The maximum absolute atomic E-state index is 11.3. The zero-order valence-corrected chi connectivity index (χ0v) is 13.0. The van der Waals surface area contributed by atoms with E-state index in [0.717, 1.165) is 16.5 Å². The molecule has 4 nitrogen and oxygen atoms in total. The third-order valence-corrected chi connectivity index (χ3v) is 5.31. The Balaban J connectivity index is 1.68. The normalized spacial score (nSPS) is 22.1. The molecule has 1 aromatic carbocycles. The van der Waals surface area contributed by atoms with Crippen molar-refractivity contribution in [3.05, 3.63) is 34.3 Å². The van der Waals surface area contributed by atoms with E-state index in [2.05, 4.69) is 26.2 Å². The van der Waals surface area contributed by atoms with Crippen molar-refractivity contribution in [3.8, 4) is 0 Å². The van der Waals surface area contributed by atoms with Crippen LogP contribution in [0.5, 0.6) is 0 Å². The molecule has 0 aliphatic carbocycles. The molecule has 1 fully saturated rings. The summed E-state index contributed by atoms with van der Waals surface area (Å²) in [6, 6.07) is 8.04. The van der Waals surface area contributed by atoms with E-state index in [1.807, 2.05) is 30.5 Å². The fourth-order valence-electron chi connectivity index (χ4n) is 2.01. The van der Waals surface area contributed by atoms with Gasteiger partial charge >= 0.3 is 0 Å².